The number of hydrogen-bond donors (Lipinski definition) is 1. The number of anilines is 1. The zero-order valence-electron chi connectivity index (χ0n) is 11.7. The summed E-state index contributed by atoms with van der Waals surface area (Å²) in [6.45, 7) is 2.24. The Balaban J connectivity index is 1.82. The first-order chi connectivity index (χ1) is 9.81. The maximum atomic E-state index is 13.5. The van der Waals surface area contributed by atoms with Crippen LogP contribution < -0.4 is 5.32 Å². The molecule has 1 aromatic heterocycles. The zero-order chi connectivity index (χ0) is 14.2. The lowest BCUT2D eigenvalue weighted by Gasteiger charge is -2.10. The molecule has 2 aromatic rings. The van der Waals surface area contributed by atoms with Crippen molar-refractivity contribution in [3.63, 3.8) is 0 Å². The van der Waals surface area contributed by atoms with Gasteiger partial charge in [0, 0.05) is 39.2 Å². The molecule has 1 heterocycles. The van der Waals surface area contributed by atoms with E-state index in [2.05, 4.69) is 10.3 Å². The van der Waals surface area contributed by atoms with Gasteiger partial charge >= 0.3 is 0 Å². The molecule has 0 bridgehead atoms. The van der Waals surface area contributed by atoms with Gasteiger partial charge in [-0.05, 0) is 24.5 Å². The van der Waals surface area contributed by atoms with E-state index in [1.807, 2.05) is 22.9 Å². The number of halogens is 1. The molecule has 20 heavy (non-hydrogen) atoms. The number of nitrogens with one attached hydrogen (secondary N) is 1. The number of aromatic nitrogens is 2. The number of benzene rings is 1. The van der Waals surface area contributed by atoms with Crippen LogP contribution in [0.25, 0.3) is 0 Å². The van der Waals surface area contributed by atoms with Crippen molar-refractivity contribution in [1.29, 1.82) is 0 Å². The summed E-state index contributed by atoms with van der Waals surface area (Å²) in [6, 6.07) is 6.85. The van der Waals surface area contributed by atoms with Gasteiger partial charge in [0.15, 0.2) is 0 Å². The van der Waals surface area contributed by atoms with Gasteiger partial charge in [0.25, 0.3) is 0 Å². The van der Waals surface area contributed by atoms with Crippen molar-refractivity contribution in [3.05, 3.63) is 48.0 Å². The Hall–Kier alpha value is -1.88. The Morgan fingerprint density at radius 2 is 2.20 bits per heavy atom. The van der Waals surface area contributed by atoms with Gasteiger partial charge in [0.2, 0.25) is 5.95 Å². The third-order valence-corrected chi connectivity index (χ3v) is 3.10. The van der Waals surface area contributed by atoms with Crippen molar-refractivity contribution in [2.75, 3.05) is 25.6 Å². The quantitative estimate of drug-likeness (QED) is 0.754. The normalized spacial score (nSPS) is 10.7. The molecule has 0 amide bonds. The van der Waals surface area contributed by atoms with Crippen LogP contribution in [0, 0.1) is 5.82 Å². The van der Waals surface area contributed by atoms with E-state index < -0.39 is 0 Å². The van der Waals surface area contributed by atoms with Crippen LogP contribution in [0.3, 0.4) is 0 Å². The SMILES string of the molecule is COCCCn1ccnc1NCCc1ccccc1F. The first kappa shape index (κ1) is 14.5. The topological polar surface area (TPSA) is 39.1 Å². The molecule has 0 fully saturated rings. The zero-order valence-corrected chi connectivity index (χ0v) is 11.7. The summed E-state index contributed by atoms with van der Waals surface area (Å²) in [7, 11) is 1.70. The molecule has 0 aliphatic carbocycles. The average molecular weight is 277 g/mol. The van der Waals surface area contributed by atoms with Crippen molar-refractivity contribution in [2.24, 2.45) is 0 Å². The summed E-state index contributed by atoms with van der Waals surface area (Å²) < 4.78 is 20.6. The summed E-state index contributed by atoms with van der Waals surface area (Å²) in [5.41, 5.74) is 0.720. The molecule has 0 radical (unpaired) electrons. The van der Waals surface area contributed by atoms with Gasteiger partial charge in [-0.3, -0.25) is 0 Å². The number of rotatable bonds is 8. The Kier molecular flexibility index (Phi) is 5.55. The monoisotopic (exact) mass is 277 g/mol. The first-order valence-electron chi connectivity index (χ1n) is 6.78. The highest BCUT2D eigenvalue weighted by Crippen LogP contribution is 2.09. The maximum Gasteiger partial charge on any atom is 0.202 e. The van der Waals surface area contributed by atoms with Crippen LogP contribution >= 0.6 is 0 Å². The Bertz CT molecular complexity index is 527. The maximum absolute atomic E-state index is 13.5. The highest BCUT2D eigenvalue weighted by atomic mass is 19.1. The van der Waals surface area contributed by atoms with Gasteiger partial charge in [0.1, 0.15) is 5.82 Å². The van der Waals surface area contributed by atoms with Crippen LogP contribution in [-0.4, -0.2) is 29.8 Å². The molecule has 2 rings (SSSR count). The Morgan fingerprint density at radius 3 is 3.00 bits per heavy atom. The minimum atomic E-state index is -0.155. The van der Waals surface area contributed by atoms with Crippen molar-refractivity contribution < 1.29 is 9.13 Å². The van der Waals surface area contributed by atoms with Gasteiger partial charge in [-0.2, -0.15) is 0 Å². The number of hydrogen-bond acceptors (Lipinski definition) is 3. The van der Waals surface area contributed by atoms with E-state index in [9.17, 15) is 4.39 Å². The van der Waals surface area contributed by atoms with E-state index in [0.717, 1.165) is 31.1 Å². The molecule has 108 valence electrons. The number of nitrogens with zero attached hydrogens (tertiary/aromatic N) is 2. The molecule has 0 spiro atoms. The second-order valence-electron chi connectivity index (χ2n) is 4.56. The predicted octanol–water partition coefficient (Wildman–Crippen LogP) is 2.71. The van der Waals surface area contributed by atoms with Gasteiger partial charge in [-0.1, -0.05) is 18.2 Å². The van der Waals surface area contributed by atoms with Crippen molar-refractivity contribution in [2.45, 2.75) is 19.4 Å². The third-order valence-electron chi connectivity index (χ3n) is 3.10. The van der Waals surface area contributed by atoms with Crippen LogP contribution in [0.5, 0.6) is 0 Å². The average Bonchev–Trinajstić information content (AvgIpc) is 2.89. The third kappa shape index (κ3) is 4.06. The summed E-state index contributed by atoms with van der Waals surface area (Å²) in [4.78, 5) is 4.27. The summed E-state index contributed by atoms with van der Waals surface area (Å²) in [5, 5.41) is 3.24. The van der Waals surface area contributed by atoms with Crippen LogP contribution in [0.1, 0.15) is 12.0 Å². The van der Waals surface area contributed by atoms with Gasteiger partial charge < -0.3 is 14.6 Å². The van der Waals surface area contributed by atoms with Crippen molar-refractivity contribution in [3.8, 4) is 0 Å². The smallest absolute Gasteiger partial charge is 0.202 e. The summed E-state index contributed by atoms with van der Waals surface area (Å²) >= 11 is 0. The molecule has 0 atom stereocenters. The van der Waals surface area contributed by atoms with Crippen LogP contribution in [-0.2, 0) is 17.7 Å². The fourth-order valence-electron chi connectivity index (χ4n) is 2.05. The minimum Gasteiger partial charge on any atom is -0.385 e. The molecule has 0 saturated heterocycles. The molecular formula is C15H20FN3O. The lowest BCUT2D eigenvalue weighted by molar-refractivity contribution is 0.190. The van der Waals surface area contributed by atoms with Gasteiger partial charge in [-0.15, -0.1) is 0 Å². The Morgan fingerprint density at radius 1 is 1.35 bits per heavy atom. The minimum absolute atomic E-state index is 0.155. The number of methoxy groups -OCH3 is 1. The van der Waals surface area contributed by atoms with Gasteiger partial charge in [-0.25, -0.2) is 9.37 Å². The molecule has 5 heteroatoms. The summed E-state index contributed by atoms with van der Waals surface area (Å²) in [5.74, 6) is 0.662. The van der Waals surface area contributed by atoms with E-state index in [1.54, 1.807) is 19.4 Å². The molecule has 0 aliphatic heterocycles. The Labute approximate surface area is 118 Å². The van der Waals surface area contributed by atoms with E-state index in [0.29, 0.717) is 13.0 Å². The van der Waals surface area contributed by atoms with E-state index in [4.69, 9.17) is 4.74 Å². The van der Waals surface area contributed by atoms with Crippen LogP contribution in [0.4, 0.5) is 10.3 Å². The molecule has 0 aliphatic rings. The standard InChI is InChI=1S/C15H20FN3O/c1-20-12-4-10-19-11-9-18-15(19)17-8-7-13-5-2-3-6-14(13)16/h2-3,5-6,9,11H,4,7-8,10,12H2,1H3,(H,17,18). The lowest BCUT2D eigenvalue weighted by Crippen LogP contribution is -2.12. The molecular weight excluding hydrogens is 257 g/mol. The van der Waals surface area contributed by atoms with Crippen LogP contribution in [0.15, 0.2) is 36.7 Å². The fourth-order valence-corrected chi connectivity index (χ4v) is 2.05. The molecule has 0 saturated carbocycles. The number of ether oxygens (including phenoxy) is 1. The number of aryl methyl sites for hydroxylation is 1. The number of imidazole rings is 1. The van der Waals surface area contributed by atoms with Gasteiger partial charge in [0.05, 0.1) is 0 Å². The van der Waals surface area contributed by atoms with E-state index in [1.165, 1.54) is 6.07 Å². The highest BCUT2D eigenvalue weighted by Gasteiger charge is 2.03. The van der Waals surface area contributed by atoms with Crippen molar-refractivity contribution >= 4 is 5.95 Å². The molecule has 1 N–H and O–H groups in total. The van der Waals surface area contributed by atoms with Crippen LogP contribution in [0.2, 0.25) is 0 Å². The van der Waals surface area contributed by atoms with E-state index >= 15 is 0 Å². The largest absolute Gasteiger partial charge is 0.385 e. The second kappa shape index (κ2) is 7.65. The molecule has 0 unspecified atom stereocenters. The highest BCUT2D eigenvalue weighted by molar-refractivity contribution is 5.27. The molecule has 1 aromatic carbocycles. The van der Waals surface area contributed by atoms with E-state index in [-0.39, 0.29) is 5.82 Å². The second-order valence-corrected chi connectivity index (χ2v) is 4.56. The molecule has 4 nitrogen and oxygen atoms in total. The lowest BCUT2D eigenvalue weighted by atomic mass is 10.1. The van der Waals surface area contributed by atoms with Crippen molar-refractivity contribution in [1.82, 2.24) is 9.55 Å². The summed E-state index contributed by atoms with van der Waals surface area (Å²) in [6.07, 6.45) is 5.27. The first-order valence-corrected chi connectivity index (χ1v) is 6.78. The fraction of sp³-hybridized carbons (Fsp3) is 0.400. The predicted molar refractivity (Wildman–Crippen MR) is 77.3 cm³/mol.